The molecular formula is C30H31F2N5O. The van der Waals surface area contributed by atoms with E-state index in [2.05, 4.69) is 26.8 Å². The summed E-state index contributed by atoms with van der Waals surface area (Å²) in [5.41, 5.74) is 3.37. The van der Waals surface area contributed by atoms with Gasteiger partial charge >= 0.3 is 0 Å². The second-order valence-corrected chi connectivity index (χ2v) is 10.5. The van der Waals surface area contributed by atoms with Gasteiger partial charge in [0.1, 0.15) is 5.82 Å². The van der Waals surface area contributed by atoms with Crippen molar-refractivity contribution in [1.29, 1.82) is 0 Å². The number of carbonyl (C=O) groups is 1. The maximum absolute atomic E-state index is 14.6. The molecule has 0 spiro atoms. The van der Waals surface area contributed by atoms with E-state index in [0.717, 1.165) is 47.5 Å². The number of benzene rings is 1. The highest BCUT2D eigenvalue weighted by Crippen LogP contribution is 2.40. The molecule has 3 aliphatic rings. The van der Waals surface area contributed by atoms with Crippen LogP contribution in [0.5, 0.6) is 0 Å². The fraction of sp³-hybridized carbons (Fsp3) is 0.367. The molecule has 6 nitrogen and oxygen atoms in total. The van der Waals surface area contributed by atoms with E-state index >= 15 is 0 Å². The number of nitrogens with zero attached hydrogens (tertiary/aromatic N) is 4. The van der Waals surface area contributed by atoms with E-state index in [1.54, 1.807) is 24.5 Å². The van der Waals surface area contributed by atoms with Gasteiger partial charge in [-0.15, -0.1) is 0 Å². The van der Waals surface area contributed by atoms with Crippen molar-refractivity contribution >= 4 is 17.4 Å². The average molecular weight is 516 g/mol. The monoisotopic (exact) mass is 515 g/mol. The Labute approximate surface area is 221 Å². The highest BCUT2D eigenvalue weighted by Gasteiger charge is 2.35. The molecule has 2 aliphatic heterocycles. The van der Waals surface area contributed by atoms with E-state index in [9.17, 15) is 13.6 Å². The first kappa shape index (κ1) is 24.5. The van der Waals surface area contributed by atoms with E-state index in [-0.39, 0.29) is 23.8 Å². The minimum absolute atomic E-state index is 0.0430. The van der Waals surface area contributed by atoms with Crippen LogP contribution in [-0.4, -0.2) is 39.9 Å². The molecule has 196 valence electrons. The summed E-state index contributed by atoms with van der Waals surface area (Å²) < 4.78 is 28.6. The van der Waals surface area contributed by atoms with E-state index in [1.807, 2.05) is 29.2 Å². The molecular weight excluding hydrogens is 484 g/mol. The number of carbonyl (C=O) groups excluding carboxylic acids is 1. The first-order valence-corrected chi connectivity index (χ1v) is 13.3. The number of hydrogen-bond acceptors (Lipinski definition) is 5. The summed E-state index contributed by atoms with van der Waals surface area (Å²) in [5, 5.41) is 3.26. The molecule has 4 heterocycles. The molecule has 0 saturated carbocycles. The maximum atomic E-state index is 14.6. The van der Waals surface area contributed by atoms with Crippen LogP contribution in [0.1, 0.15) is 60.8 Å². The highest BCUT2D eigenvalue weighted by atomic mass is 19.2. The Bertz CT molecular complexity index is 1370. The summed E-state index contributed by atoms with van der Waals surface area (Å²) in [6.45, 7) is 5.53. The fourth-order valence-electron chi connectivity index (χ4n) is 6.36. The fourth-order valence-corrected chi connectivity index (χ4v) is 6.36. The van der Waals surface area contributed by atoms with Crippen molar-refractivity contribution < 1.29 is 13.6 Å². The van der Waals surface area contributed by atoms with Crippen LogP contribution in [0, 0.1) is 11.6 Å². The third kappa shape index (κ3) is 4.52. The topological polar surface area (TPSA) is 61.4 Å². The van der Waals surface area contributed by atoms with Crippen LogP contribution >= 0.6 is 0 Å². The van der Waals surface area contributed by atoms with Gasteiger partial charge in [0, 0.05) is 49.6 Å². The summed E-state index contributed by atoms with van der Waals surface area (Å²) in [6.07, 6.45) is 7.56. The van der Waals surface area contributed by atoms with Crippen molar-refractivity contribution in [2.24, 2.45) is 0 Å². The Kier molecular flexibility index (Phi) is 6.55. The second kappa shape index (κ2) is 10.2. The molecule has 2 aromatic heterocycles. The molecule has 0 radical (unpaired) electrons. The van der Waals surface area contributed by atoms with Gasteiger partial charge in [-0.2, -0.15) is 0 Å². The predicted octanol–water partition coefficient (Wildman–Crippen LogP) is 5.74. The van der Waals surface area contributed by atoms with E-state index < -0.39 is 11.6 Å². The standard InChI is InChI=1S/C30H31F2N5O/c1-19-35-30-26(8-4-14-34-30)37(19)23-11-15-36(16-12-23)27(38)18-22-10-9-20(17-21-5-3-13-33-29(21)22)24-6-2-7-25(31)28(24)32/h2-8,13-14,20,22-23H,1,9-12,15-18H2,(H,34,35)/t20-,22+/m0/s1. The van der Waals surface area contributed by atoms with Gasteiger partial charge in [0.25, 0.3) is 0 Å². The number of nitrogens with one attached hydrogen (secondary N) is 1. The molecule has 2 atom stereocenters. The zero-order chi connectivity index (χ0) is 26.2. The van der Waals surface area contributed by atoms with Gasteiger partial charge in [-0.1, -0.05) is 24.8 Å². The minimum atomic E-state index is -0.818. The number of amides is 1. The summed E-state index contributed by atoms with van der Waals surface area (Å²) >= 11 is 0. The van der Waals surface area contributed by atoms with Gasteiger partial charge in [0.2, 0.25) is 5.91 Å². The largest absolute Gasteiger partial charge is 0.343 e. The first-order valence-electron chi connectivity index (χ1n) is 13.3. The molecule has 6 rings (SSSR count). The third-order valence-electron chi connectivity index (χ3n) is 8.27. The van der Waals surface area contributed by atoms with Crippen molar-refractivity contribution in [1.82, 2.24) is 14.9 Å². The van der Waals surface area contributed by atoms with E-state index in [4.69, 9.17) is 0 Å². The Morgan fingerprint density at radius 1 is 1.00 bits per heavy atom. The Morgan fingerprint density at radius 2 is 1.79 bits per heavy atom. The SMILES string of the molecule is C=C1Nc2ncccc2N1C1CCN(C(=O)C[C@H]2CC[C@H](c3cccc(F)c3F)Cc3cccnc32)CC1. The number of pyridine rings is 2. The number of piperidine rings is 1. The van der Waals surface area contributed by atoms with Crippen LogP contribution in [0.15, 0.2) is 67.3 Å². The molecule has 1 fully saturated rings. The summed E-state index contributed by atoms with van der Waals surface area (Å²) in [6, 6.07) is 12.5. The molecule has 0 bridgehead atoms. The van der Waals surface area contributed by atoms with E-state index in [1.165, 1.54) is 0 Å². The van der Waals surface area contributed by atoms with Gasteiger partial charge in [-0.25, -0.2) is 13.8 Å². The molecule has 1 N–H and O–H groups in total. The number of likely N-dealkylation sites (tertiary alicyclic amines) is 1. The third-order valence-corrected chi connectivity index (χ3v) is 8.27. The van der Waals surface area contributed by atoms with Gasteiger partial charge < -0.3 is 15.1 Å². The number of aromatic nitrogens is 2. The summed E-state index contributed by atoms with van der Waals surface area (Å²) in [7, 11) is 0. The number of rotatable bonds is 4. The lowest BCUT2D eigenvalue weighted by molar-refractivity contribution is -0.132. The second-order valence-electron chi connectivity index (χ2n) is 10.5. The first-order chi connectivity index (χ1) is 18.5. The Balaban J connectivity index is 1.13. The van der Waals surface area contributed by atoms with Crippen molar-refractivity contribution in [3.8, 4) is 0 Å². The zero-order valence-corrected chi connectivity index (χ0v) is 21.2. The molecule has 1 aliphatic carbocycles. The lowest BCUT2D eigenvalue weighted by Crippen LogP contribution is -2.46. The molecule has 38 heavy (non-hydrogen) atoms. The lowest BCUT2D eigenvalue weighted by atomic mass is 9.89. The van der Waals surface area contributed by atoms with Gasteiger partial charge in [-0.05, 0) is 73.4 Å². The molecule has 1 amide bonds. The smallest absolute Gasteiger partial charge is 0.223 e. The Morgan fingerprint density at radius 3 is 2.63 bits per heavy atom. The number of halogens is 2. The van der Waals surface area contributed by atoms with Gasteiger partial charge in [0.15, 0.2) is 17.5 Å². The summed E-state index contributed by atoms with van der Waals surface area (Å²) in [4.78, 5) is 26.7. The zero-order valence-electron chi connectivity index (χ0n) is 21.2. The van der Waals surface area contributed by atoms with Crippen LogP contribution in [0.2, 0.25) is 0 Å². The summed E-state index contributed by atoms with van der Waals surface area (Å²) in [5.74, 6) is 0.000263. The number of anilines is 2. The molecule has 3 aromatic rings. The van der Waals surface area contributed by atoms with Crippen LogP contribution in [0.3, 0.4) is 0 Å². The quantitative estimate of drug-likeness (QED) is 0.449. The van der Waals surface area contributed by atoms with Crippen molar-refractivity contribution in [3.63, 3.8) is 0 Å². The van der Waals surface area contributed by atoms with Gasteiger partial charge in [-0.3, -0.25) is 9.78 Å². The minimum Gasteiger partial charge on any atom is -0.343 e. The maximum Gasteiger partial charge on any atom is 0.223 e. The van der Waals surface area contributed by atoms with Gasteiger partial charge in [0.05, 0.1) is 5.69 Å². The highest BCUT2D eigenvalue weighted by molar-refractivity contribution is 5.79. The van der Waals surface area contributed by atoms with Crippen molar-refractivity contribution in [2.75, 3.05) is 23.3 Å². The Hall–Kier alpha value is -3.81. The van der Waals surface area contributed by atoms with Crippen molar-refractivity contribution in [2.45, 2.75) is 56.4 Å². The predicted molar refractivity (Wildman–Crippen MR) is 143 cm³/mol. The molecule has 1 aromatic carbocycles. The number of fused-ring (bicyclic) bond motifs is 2. The molecule has 8 heteroatoms. The van der Waals surface area contributed by atoms with Crippen LogP contribution in [0.4, 0.5) is 20.3 Å². The van der Waals surface area contributed by atoms with Crippen LogP contribution < -0.4 is 10.2 Å². The molecule has 0 unspecified atom stereocenters. The van der Waals surface area contributed by atoms with Crippen molar-refractivity contribution in [3.05, 3.63) is 95.7 Å². The average Bonchev–Trinajstić information content (AvgIpc) is 3.16. The molecule has 1 saturated heterocycles. The lowest BCUT2D eigenvalue weighted by Gasteiger charge is -2.38. The number of hydrogen-bond donors (Lipinski definition) is 1. The van der Waals surface area contributed by atoms with Crippen LogP contribution in [0.25, 0.3) is 0 Å². The normalized spacial score (nSPS) is 21.5. The van der Waals surface area contributed by atoms with E-state index in [0.29, 0.717) is 44.3 Å². The van der Waals surface area contributed by atoms with Crippen LogP contribution in [-0.2, 0) is 11.2 Å².